The van der Waals surface area contributed by atoms with Crippen LogP contribution in [0.5, 0.6) is 0 Å². The molecule has 3 aliphatic rings. The van der Waals surface area contributed by atoms with Crippen molar-refractivity contribution in [2.45, 2.75) is 43.4 Å². The standard InChI is InChI=1S/C21H22N4O2/c1-24-13-21(27-12-19(24)26)9-16-6-7-17(10-21)25(16)20-15(11-22)8-14-4-2-3-5-18(14)23-20/h2-5,8,16-17H,6-7,9-10,12-13H2,1H3. The maximum atomic E-state index is 11.8. The summed E-state index contributed by atoms with van der Waals surface area (Å²) in [6, 6.07) is 12.8. The van der Waals surface area contributed by atoms with Crippen LogP contribution in [-0.4, -0.2) is 53.7 Å². The molecule has 0 aliphatic carbocycles. The zero-order valence-corrected chi connectivity index (χ0v) is 15.4. The molecule has 1 spiro atoms. The second-order valence-electron chi connectivity index (χ2n) is 8.09. The van der Waals surface area contributed by atoms with Gasteiger partial charge in [0.25, 0.3) is 0 Å². The number of hydrogen-bond acceptors (Lipinski definition) is 5. The van der Waals surface area contributed by atoms with Gasteiger partial charge in [-0.15, -0.1) is 0 Å². The Morgan fingerprint density at radius 1 is 1.26 bits per heavy atom. The lowest BCUT2D eigenvalue weighted by Gasteiger charge is -2.50. The van der Waals surface area contributed by atoms with E-state index in [0.717, 1.165) is 42.4 Å². The van der Waals surface area contributed by atoms with Gasteiger partial charge in [-0.2, -0.15) is 5.26 Å². The molecular formula is C21H22N4O2. The number of fused-ring (bicyclic) bond motifs is 3. The number of amides is 1. The fourth-order valence-electron chi connectivity index (χ4n) is 5.17. The topological polar surface area (TPSA) is 69.5 Å². The monoisotopic (exact) mass is 362 g/mol. The van der Waals surface area contributed by atoms with Gasteiger partial charge in [0.15, 0.2) is 0 Å². The van der Waals surface area contributed by atoms with Crippen LogP contribution in [-0.2, 0) is 9.53 Å². The maximum Gasteiger partial charge on any atom is 0.248 e. The van der Waals surface area contributed by atoms with Crippen LogP contribution >= 0.6 is 0 Å². The zero-order valence-electron chi connectivity index (χ0n) is 15.4. The molecule has 3 aliphatic heterocycles. The van der Waals surface area contributed by atoms with Crippen LogP contribution in [0.3, 0.4) is 0 Å². The van der Waals surface area contributed by atoms with Crippen LogP contribution < -0.4 is 4.90 Å². The van der Waals surface area contributed by atoms with Crippen LogP contribution in [0.2, 0.25) is 0 Å². The number of anilines is 1. The molecule has 1 aromatic heterocycles. The number of aromatic nitrogens is 1. The van der Waals surface area contributed by atoms with E-state index in [1.165, 1.54) is 0 Å². The first-order valence-corrected chi connectivity index (χ1v) is 9.55. The summed E-state index contributed by atoms with van der Waals surface area (Å²) in [6.45, 7) is 0.830. The van der Waals surface area contributed by atoms with Crippen LogP contribution in [0.1, 0.15) is 31.2 Å². The molecule has 6 nitrogen and oxygen atoms in total. The SMILES string of the molecule is CN1CC2(CC3CCC(C2)N3c2nc3ccccc3cc2C#N)OCC1=O. The van der Waals surface area contributed by atoms with Crippen molar-refractivity contribution >= 4 is 22.6 Å². The van der Waals surface area contributed by atoms with E-state index >= 15 is 0 Å². The van der Waals surface area contributed by atoms with Crippen molar-refractivity contribution in [1.82, 2.24) is 9.88 Å². The zero-order chi connectivity index (χ0) is 18.6. The van der Waals surface area contributed by atoms with Crippen LogP contribution in [0.15, 0.2) is 30.3 Å². The van der Waals surface area contributed by atoms with Gasteiger partial charge in [-0.1, -0.05) is 18.2 Å². The van der Waals surface area contributed by atoms with E-state index in [9.17, 15) is 10.1 Å². The van der Waals surface area contributed by atoms with Gasteiger partial charge in [0.1, 0.15) is 18.5 Å². The van der Waals surface area contributed by atoms with Gasteiger partial charge < -0.3 is 14.5 Å². The Kier molecular flexibility index (Phi) is 3.63. The second kappa shape index (κ2) is 5.93. The highest BCUT2D eigenvalue weighted by Crippen LogP contribution is 2.46. The number of nitrogens with zero attached hydrogens (tertiary/aromatic N) is 4. The lowest BCUT2D eigenvalue weighted by atomic mass is 9.84. The minimum atomic E-state index is -0.255. The third-order valence-corrected chi connectivity index (χ3v) is 6.36. The van der Waals surface area contributed by atoms with Crippen molar-refractivity contribution in [2.75, 3.05) is 25.1 Å². The molecule has 1 aromatic carbocycles. The van der Waals surface area contributed by atoms with E-state index < -0.39 is 0 Å². The van der Waals surface area contributed by atoms with Crippen molar-refractivity contribution < 1.29 is 9.53 Å². The Labute approximate surface area is 158 Å². The van der Waals surface area contributed by atoms with Gasteiger partial charge in [0, 0.05) is 31.1 Å². The summed E-state index contributed by atoms with van der Waals surface area (Å²) >= 11 is 0. The first-order chi connectivity index (χ1) is 13.1. The summed E-state index contributed by atoms with van der Waals surface area (Å²) in [6.07, 6.45) is 3.90. The van der Waals surface area contributed by atoms with Crippen molar-refractivity contribution in [1.29, 1.82) is 5.26 Å². The summed E-state index contributed by atoms with van der Waals surface area (Å²) in [4.78, 5) is 20.9. The van der Waals surface area contributed by atoms with E-state index in [-0.39, 0.29) is 18.1 Å². The minimum absolute atomic E-state index is 0.0540. The summed E-state index contributed by atoms with van der Waals surface area (Å²) in [5, 5.41) is 10.7. The van der Waals surface area contributed by atoms with Gasteiger partial charge >= 0.3 is 0 Å². The molecule has 27 heavy (non-hydrogen) atoms. The Balaban J connectivity index is 1.51. The Hall–Kier alpha value is -2.65. The van der Waals surface area contributed by atoms with Crippen molar-refractivity contribution in [2.24, 2.45) is 0 Å². The van der Waals surface area contributed by atoms with Crippen molar-refractivity contribution in [3.8, 4) is 6.07 Å². The molecule has 4 heterocycles. The fourth-order valence-corrected chi connectivity index (χ4v) is 5.17. The summed E-state index contributed by atoms with van der Waals surface area (Å²) in [5.74, 6) is 0.858. The van der Waals surface area contributed by atoms with Gasteiger partial charge in [-0.3, -0.25) is 4.79 Å². The number of carbonyl (C=O) groups excluding carboxylic acids is 1. The number of ether oxygens (including phenoxy) is 1. The third-order valence-electron chi connectivity index (χ3n) is 6.36. The summed E-state index contributed by atoms with van der Waals surface area (Å²) < 4.78 is 6.08. The number of rotatable bonds is 1. The number of nitriles is 1. The molecule has 6 heteroatoms. The maximum absolute atomic E-state index is 11.8. The Morgan fingerprint density at radius 2 is 2.00 bits per heavy atom. The molecule has 2 atom stereocenters. The molecule has 3 fully saturated rings. The van der Waals surface area contributed by atoms with Crippen LogP contribution in [0.25, 0.3) is 10.9 Å². The van der Waals surface area contributed by atoms with E-state index in [2.05, 4.69) is 11.0 Å². The largest absolute Gasteiger partial charge is 0.363 e. The average Bonchev–Trinajstić information content (AvgIpc) is 2.95. The van der Waals surface area contributed by atoms with Gasteiger partial charge in [-0.25, -0.2) is 4.98 Å². The second-order valence-corrected chi connectivity index (χ2v) is 8.09. The smallest absolute Gasteiger partial charge is 0.248 e. The number of pyridine rings is 1. The minimum Gasteiger partial charge on any atom is -0.363 e. The molecule has 3 saturated heterocycles. The lowest BCUT2D eigenvalue weighted by Crippen LogP contribution is -2.61. The Bertz CT molecular complexity index is 952. The van der Waals surface area contributed by atoms with E-state index in [1.807, 2.05) is 37.4 Å². The lowest BCUT2D eigenvalue weighted by molar-refractivity contribution is -0.166. The van der Waals surface area contributed by atoms with Crippen LogP contribution in [0.4, 0.5) is 5.82 Å². The highest BCUT2D eigenvalue weighted by molar-refractivity contribution is 5.83. The van der Waals surface area contributed by atoms with Gasteiger partial charge in [0.2, 0.25) is 5.91 Å². The molecule has 5 rings (SSSR count). The first kappa shape index (κ1) is 16.5. The highest BCUT2D eigenvalue weighted by Gasteiger charge is 2.52. The van der Waals surface area contributed by atoms with Gasteiger partial charge in [0.05, 0.1) is 16.7 Å². The quantitative estimate of drug-likeness (QED) is 0.779. The Morgan fingerprint density at radius 3 is 2.70 bits per heavy atom. The summed E-state index contributed by atoms with van der Waals surface area (Å²) in [7, 11) is 1.86. The molecule has 0 N–H and O–H groups in total. The number of likely N-dealkylation sites (N-methyl/N-ethyl adjacent to an activating group) is 1. The van der Waals surface area contributed by atoms with E-state index in [0.29, 0.717) is 24.2 Å². The number of hydrogen-bond donors (Lipinski definition) is 0. The average molecular weight is 362 g/mol. The molecule has 138 valence electrons. The predicted octanol–water partition coefficient (Wildman–Crippen LogP) is 2.47. The normalized spacial score (nSPS) is 30.1. The molecular weight excluding hydrogens is 340 g/mol. The van der Waals surface area contributed by atoms with E-state index in [1.54, 1.807) is 4.90 Å². The first-order valence-electron chi connectivity index (χ1n) is 9.55. The fraction of sp³-hybridized carbons (Fsp3) is 0.476. The molecule has 0 saturated carbocycles. The number of morpholine rings is 1. The third kappa shape index (κ3) is 2.57. The van der Waals surface area contributed by atoms with Gasteiger partial charge in [-0.05, 0) is 37.8 Å². The predicted molar refractivity (Wildman–Crippen MR) is 101 cm³/mol. The number of piperidine rings is 1. The highest BCUT2D eigenvalue weighted by atomic mass is 16.5. The summed E-state index contributed by atoms with van der Waals surface area (Å²) in [5.41, 5.74) is 1.30. The van der Waals surface area contributed by atoms with Crippen molar-refractivity contribution in [3.63, 3.8) is 0 Å². The van der Waals surface area contributed by atoms with E-state index in [4.69, 9.17) is 9.72 Å². The number of benzene rings is 1. The number of para-hydroxylation sites is 1. The molecule has 1 amide bonds. The van der Waals surface area contributed by atoms with Crippen molar-refractivity contribution in [3.05, 3.63) is 35.9 Å². The molecule has 0 radical (unpaired) electrons. The molecule has 2 bridgehead atoms. The molecule has 2 unspecified atom stereocenters. The number of carbonyl (C=O) groups is 1. The molecule has 2 aromatic rings. The van der Waals surface area contributed by atoms with Crippen LogP contribution in [0, 0.1) is 11.3 Å².